The summed E-state index contributed by atoms with van der Waals surface area (Å²) in [4.78, 5) is 41.8. The lowest BCUT2D eigenvalue weighted by molar-refractivity contribution is -0.146. The number of esters is 1. The van der Waals surface area contributed by atoms with Gasteiger partial charge in [0, 0.05) is 11.9 Å². The van der Waals surface area contributed by atoms with E-state index in [1.165, 1.54) is 6.33 Å². The van der Waals surface area contributed by atoms with Crippen molar-refractivity contribution in [1.29, 1.82) is 0 Å². The van der Waals surface area contributed by atoms with Crippen LogP contribution in [0.15, 0.2) is 42.9 Å². The van der Waals surface area contributed by atoms with Gasteiger partial charge in [-0.3, -0.25) is 9.59 Å². The van der Waals surface area contributed by atoms with Crippen molar-refractivity contribution in [1.82, 2.24) is 20.2 Å². The van der Waals surface area contributed by atoms with Crippen LogP contribution in [-0.2, 0) is 18.8 Å². The number of methoxy groups -OCH3 is 1. The first-order valence-corrected chi connectivity index (χ1v) is 13.8. The van der Waals surface area contributed by atoms with Gasteiger partial charge in [-0.25, -0.2) is 9.78 Å². The highest BCUT2D eigenvalue weighted by Crippen LogP contribution is 2.36. The van der Waals surface area contributed by atoms with Crippen molar-refractivity contribution in [3.8, 4) is 5.69 Å². The van der Waals surface area contributed by atoms with Crippen molar-refractivity contribution in [2.24, 2.45) is 0 Å². The zero-order chi connectivity index (χ0) is 25.5. The Morgan fingerprint density at radius 2 is 1.76 bits per heavy atom. The summed E-state index contributed by atoms with van der Waals surface area (Å²) in [5.74, 6) is -2.06. The predicted molar refractivity (Wildman–Crippen MR) is 129 cm³/mol. The average Bonchev–Trinajstić information content (AvgIpc) is 3.29. The molecule has 0 bridgehead atoms. The summed E-state index contributed by atoms with van der Waals surface area (Å²) in [6.45, 7) is 9.47. The van der Waals surface area contributed by atoms with Gasteiger partial charge in [-0.15, -0.1) is 0 Å². The third-order valence-electron chi connectivity index (χ3n) is 5.89. The van der Waals surface area contributed by atoms with Crippen molar-refractivity contribution >= 4 is 26.1 Å². The van der Waals surface area contributed by atoms with Gasteiger partial charge in [-0.1, -0.05) is 39.0 Å². The van der Waals surface area contributed by atoms with E-state index >= 15 is 0 Å². The van der Waals surface area contributed by atoms with Crippen molar-refractivity contribution in [2.45, 2.75) is 51.0 Å². The number of aromatic nitrogens is 2. The molecule has 2 unspecified atom stereocenters. The van der Waals surface area contributed by atoms with E-state index in [9.17, 15) is 19.5 Å². The Morgan fingerprint density at radius 3 is 2.32 bits per heavy atom. The lowest BCUT2D eigenvalue weighted by Crippen LogP contribution is -2.56. The predicted octanol–water partition coefficient (Wildman–Crippen LogP) is 1.64. The Kier molecular flexibility index (Phi) is 9.13. The highest BCUT2D eigenvalue weighted by Gasteiger charge is 2.39. The molecule has 34 heavy (non-hydrogen) atoms. The van der Waals surface area contributed by atoms with E-state index in [1.54, 1.807) is 10.8 Å². The topological polar surface area (TPSA) is 132 Å². The minimum atomic E-state index is -2.25. The van der Waals surface area contributed by atoms with Crippen molar-refractivity contribution in [2.75, 3.05) is 20.3 Å². The molecule has 10 nitrogen and oxygen atoms in total. The van der Waals surface area contributed by atoms with Crippen LogP contribution in [0.5, 0.6) is 0 Å². The number of nitrogens with one attached hydrogen (secondary N) is 2. The fourth-order valence-corrected chi connectivity index (χ4v) is 3.71. The number of hydrogen-bond donors (Lipinski definition) is 3. The lowest BCUT2D eigenvalue weighted by atomic mass is 10.2. The number of ether oxygens (including phenoxy) is 1. The van der Waals surface area contributed by atoms with Crippen LogP contribution in [-0.4, -0.2) is 73.2 Å². The standard InChI is InChI=1S/C23H34N4O6Si/c1-23(2,3)34(5,6)33-14-19(21(30)25-18(13-28)22(31)32-4)26-20(29)17-12-27(15-24-17)16-10-8-7-9-11-16/h7-12,15,18-19,28H,13-14H2,1-6H3,(H,25,30)(H,26,29). The summed E-state index contributed by atoms with van der Waals surface area (Å²) >= 11 is 0. The molecule has 0 saturated carbocycles. The van der Waals surface area contributed by atoms with Gasteiger partial charge < -0.3 is 29.5 Å². The smallest absolute Gasteiger partial charge is 0.330 e. The number of nitrogens with zero attached hydrogens (tertiary/aromatic N) is 2. The fourth-order valence-electron chi connectivity index (χ4n) is 2.70. The summed E-state index contributed by atoms with van der Waals surface area (Å²) in [6, 6.07) is 6.97. The Bertz CT molecular complexity index is 987. The normalized spacial score (nSPS) is 13.6. The fraction of sp³-hybridized carbons (Fsp3) is 0.478. The van der Waals surface area contributed by atoms with Crippen LogP contribution in [0.2, 0.25) is 18.1 Å². The van der Waals surface area contributed by atoms with Crippen LogP contribution in [0.25, 0.3) is 5.69 Å². The number of rotatable bonds is 10. The Balaban J connectivity index is 2.21. The molecule has 186 valence electrons. The number of benzene rings is 1. The zero-order valence-corrected chi connectivity index (χ0v) is 21.5. The molecule has 0 fully saturated rings. The molecule has 0 saturated heterocycles. The Hall–Kier alpha value is -3.02. The van der Waals surface area contributed by atoms with E-state index in [0.717, 1.165) is 12.8 Å². The monoisotopic (exact) mass is 490 g/mol. The minimum absolute atomic E-state index is 0.104. The second kappa shape index (κ2) is 11.4. The van der Waals surface area contributed by atoms with Crippen LogP contribution < -0.4 is 10.6 Å². The Morgan fingerprint density at radius 1 is 1.12 bits per heavy atom. The summed E-state index contributed by atoms with van der Waals surface area (Å²) in [5, 5.41) is 14.4. The molecule has 11 heteroatoms. The van der Waals surface area contributed by atoms with Crippen LogP contribution in [0.3, 0.4) is 0 Å². The maximum Gasteiger partial charge on any atom is 0.330 e. The Labute approximate surface area is 200 Å². The summed E-state index contributed by atoms with van der Waals surface area (Å²) in [7, 11) is -1.10. The summed E-state index contributed by atoms with van der Waals surface area (Å²) in [6.07, 6.45) is 3.06. The number of para-hydroxylation sites is 1. The highest BCUT2D eigenvalue weighted by molar-refractivity contribution is 6.74. The molecule has 0 aliphatic carbocycles. The van der Waals surface area contributed by atoms with Crippen molar-refractivity contribution in [3.05, 3.63) is 48.5 Å². The largest absolute Gasteiger partial charge is 0.467 e. The number of aliphatic hydroxyl groups is 1. The first kappa shape index (κ1) is 27.2. The SMILES string of the molecule is COC(=O)C(CO)NC(=O)C(CO[Si](C)(C)C(C)(C)C)NC(=O)c1cn(-c2ccccc2)cn1. The molecule has 1 heterocycles. The first-order chi connectivity index (χ1) is 15.9. The third-order valence-corrected chi connectivity index (χ3v) is 10.4. The zero-order valence-electron chi connectivity index (χ0n) is 20.5. The number of carbonyl (C=O) groups excluding carboxylic acids is 3. The molecule has 1 aromatic carbocycles. The maximum absolute atomic E-state index is 13.0. The van der Waals surface area contributed by atoms with Crippen LogP contribution in [0.4, 0.5) is 0 Å². The van der Waals surface area contributed by atoms with E-state index in [1.807, 2.05) is 43.4 Å². The second-order valence-corrected chi connectivity index (χ2v) is 14.2. The molecular formula is C23H34N4O6Si. The van der Waals surface area contributed by atoms with Gasteiger partial charge in [-0.05, 0) is 30.3 Å². The molecule has 0 spiro atoms. The van der Waals surface area contributed by atoms with Crippen LogP contribution in [0, 0.1) is 0 Å². The van der Waals surface area contributed by atoms with E-state index in [2.05, 4.69) is 41.1 Å². The van der Waals surface area contributed by atoms with E-state index in [-0.39, 0.29) is 17.3 Å². The quantitative estimate of drug-likeness (QED) is 0.341. The molecule has 2 rings (SSSR count). The van der Waals surface area contributed by atoms with Gasteiger partial charge in [0.05, 0.1) is 20.3 Å². The third kappa shape index (κ3) is 6.99. The number of aliphatic hydroxyl groups excluding tert-OH is 1. The van der Waals surface area contributed by atoms with E-state index < -0.39 is 44.8 Å². The molecule has 2 atom stereocenters. The lowest BCUT2D eigenvalue weighted by Gasteiger charge is -2.37. The molecule has 2 amide bonds. The molecule has 0 radical (unpaired) electrons. The van der Waals surface area contributed by atoms with Gasteiger partial charge >= 0.3 is 5.97 Å². The molecule has 1 aromatic heterocycles. The highest BCUT2D eigenvalue weighted by atomic mass is 28.4. The van der Waals surface area contributed by atoms with Gasteiger partial charge in [-0.2, -0.15) is 0 Å². The number of hydrogen-bond acceptors (Lipinski definition) is 7. The number of carbonyl (C=O) groups is 3. The molecule has 3 N–H and O–H groups in total. The van der Waals surface area contributed by atoms with Crippen LogP contribution >= 0.6 is 0 Å². The molecule has 0 aliphatic rings. The van der Waals surface area contributed by atoms with Gasteiger partial charge in [0.15, 0.2) is 14.4 Å². The van der Waals surface area contributed by atoms with Crippen molar-refractivity contribution < 1.29 is 28.7 Å². The van der Waals surface area contributed by atoms with E-state index in [0.29, 0.717) is 0 Å². The molecule has 0 aliphatic heterocycles. The second-order valence-electron chi connectivity index (χ2n) is 9.37. The van der Waals surface area contributed by atoms with Gasteiger partial charge in [0.1, 0.15) is 18.1 Å². The summed E-state index contributed by atoms with van der Waals surface area (Å²) in [5.41, 5.74) is 0.939. The average molecular weight is 491 g/mol. The van der Waals surface area contributed by atoms with E-state index in [4.69, 9.17) is 4.43 Å². The van der Waals surface area contributed by atoms with Gasteiger partial charge in [0.25, 0.3) is 5.91 Å². The van der Waals surface area contributed by atoms with Crippen molar-refractivity contribution in [3.63, 3.8) is 0 Å². The number of imidazole rings is 1. The molecule has 2 aromatic rings. The number of amides is 2. The maximum atomic E-state index is 13.0. The summed E-state index contributed by atoms with van der Waals surface area (Å²) < 4.78 is 12.4. The van der Waals surface area contributed by atoms with Crippen LogP contribution in [0.1, 0.15) is 31.3 Å². The minimum Gasteiger partial charge on any atom is -0.467 e. The van der Waals surface area contributed by atoms with Gasteiger partial charge in [0.2, 0.25) is 5.91 Å². The first-order valence-electron chi connectivity index (χ1n) is 10.9. The molecular weight excluding hydrogens is 456 g/mol.